The summed E-state index contributed by atoms with van der Waals surface area (Å²) in [7, 11) is 2.08. The van der Waals surface area contributed by atoms with E-state index < -0.39 is 0 Å². The molecule has 3 heterocycles. The number of thiophene rings is 1. The number of anilines is 1. The van der Waals surface area contributed by atoms with Gasteiger partial charge in [-0.2, -0.15) is 0 Å². The average Bonchev–Trinajstić information content (AvgIpc) is 3.29. The predicted octanol–water partition coefficient (Wildman–Crippen LogP) is 3.40. The van der Waals surface area contributed by atoms with Crippen LogP contribution in [-0.2, 0) is 9.59 Å². The van der Waals surface area contributed by atoms with Crippen LogP contribution in [0.1, 0.15) is 30.2 Å². The molecule has 1 aromatic carbocycles. The van der Waals surface area contributed by atoms with Gasteiger partial charge in [-0.3, -0.25) is 9.59 Å². The van der Waals surface area contributed by atoms with Gasteiger partial charge in [-0.15, -0.1) is 11.3 Å². The largest absolute Gasteiger partial charge is 0.364 e. The Morgan fingerprint density at radius 3 is 2.18 bits per heavy atom. The second kappa shape index (κ2) is 7.53. The summed E-state index contributed by atoms with van der Waals surface area (Å²) in [5, 5.41) is 1.95. The molecule has 28 heavy (non-hydrogen) atoms. The number of hydrogen-bond donors (Lipinski definition) is 0. The summed E-state index contributed by atoms with van der Waals surface area (Å²) in [6.45, 7) is 7.52. The van der Waals surface area contributed by atoms with Crippen LogP contribution in [0.15, 0.2) is 47.5 Å². The molecule has 0 radical (unpaired) electrons. The van der Waals surface area contributed by atoms with Gasteiger partial charge in [0.15, 0.2) is 0 Å². The number of amides is 2. The third-order valence-corrected chi connectivity index (χ3v) is 6.35. The van der Waals surface area contributed by atoms with Gasteiger partial charge in [-0.1, -0.05) is 32.0 Å². The van der Waals surface area contributed by atoms with Crippen LogP contribution in [0.5, 0.6) is 0 Å². The maximum absolute atomic E-state index is 13.4. The van der Waals surface area contributed by atoms with Crippen LogP contribution in [0, 0.1) is 0 Å². The Morgan fingerprint density at radius 2 is 1.61 bits per heavy atom. The minimum absolute atomic E-state index is 0.213. The number of rotatable bonds is 4. The van der Waals surface area contributed by atoms with Crippen molar-refractivity contribution in [3.8, 4) is 0 Å². The number of nitrogens with zero attached hydrogens (tertiary/aromatic N) is 3. The lowest BCUT2D eigenvalue weighted by molar-refractivity contribution is -0.120. The van der Waals surface area contributed by atoms with Crippen LogP contribution in [0.3, 0.4) is 0 Å². The van der Waals surface area contributed by atoms with Crippen molar-refractivity contribution in [1.82, 2.24) is 9.80 Å². The van der Waals surface area contributed by atoms with Gasteiger partial charge in [0, 0.05) is 31.1 Å². The molecular formula is C22H25N3O2S. The number of carbonyl (C=O) groups excluding carboxylic acids is 2. The number of imide groups is 1. The maximum Gasteiger partial charge on any atom is 0.282 e. The highest BCUT2D eigenvalue weighted by molar-refractivity contribution is 7.11. The zero-order valence-corrected chi connectivity index (χ0v) is 17.3. The monoisotopic (exact) mass is 395 g/mol. The molecule has 2 aromatic rings. The molecule has 0 bridgehead atoms. The number of piperazine rings is 1. The minimum Gasteiger partial charge on any atom is -0.364 e. The second-order valence-electron chi connectivity index (χ2n) is 7.68. The van der Waals surface area contributed by atoms with E-state index in [9.17, 15) is 9.59 Å². The van der Waals surface area contributed by atoms with Crippen LogP contribution >= 0.6 is 11.3 Å². The molecule has 6 heteroatoms. The van der Waals surface area contributed by atoms with E-state index in [2.05, 4.69) is 30.7 Å². The number of benzene rings is 1. The van der Waals surface area contributed by atoms with E-state index in [1.807, 2.05) is 41.8 Å². The molecule has 2 amide bonds. The Hall–Kier alpha value is -2.44. The number of hydrogen-bond acceptors (Lipinski definition) is 5. The molecule has 4 rings (SSSR count). The molecule has 0 spiro atoms. The highest BCUT2D eigenvalue weighted by Gasteiger charge is 2.43. The van der Waals surface area contributed by atoms with Crippen molar-refractivity contribution < 1.29 is 9.59 Å². The van der Waals surface area contributed by atoms with Gasteiger partial charge in [0.25, 0.3) is 11.8 Å². The highest BCUT2D eigenvalue weighted by Crippen LogP contribution is 2.37. The fraction of sp³-hybridized carbons (Fsp3) is 0.364. The first kappa shape index (κ1) is 18.9. The van der Waals surface area contributed by atoms with E-state index >= 15 is 0 Å². The van der Waals surface area contributed by atoms with Crippen LogP contribution < -0.4 is 4.90 Å². The normalized spacial score (nSPS) is 18.7. The van der Waals surface area contributed by atoms with Crippen molar-refractivity contribution in [1.29, 1.82) is 0 Å². The molecule has 2 aliphatic heterocycles. The second-order valence-corrected chi connectivity index (χ2v) is 8.63. The molecule has 0 aliphatic carbocycles. The standard InChI is InChI=1S/C22H25N3O2S/c1-15(2)16-6-8-17(9-7-16)25-21(26)19(18-5-4-14-28-18)20(22(25)27)24-12-10-23(3)11-13-24/h4-9,14-15H,10-13H2,1-3H3. The number of likely N-dealkylation sites (N-methyl/N-ethyl adjacent to an activating group) is 1. The van der Waals surface area contributed by atoms with E-state index in [0.29, 0.717) is 22.9 Å². The van der Waals surface area contributed by atoms with Crippen molar-refractivity contribution in [3.63, 3.8) is 0 Å². The van der Waals surface area contributed by atoms with E-state index in [-0.39, 0.29) is 11.8 Å². The van der Waals surface area contributed by atoms with Gasteiger partial charge in [-0.25, -0.2) is 4.90 Å². The van der Waals surface area contributed by atoms with E-state index in [0.717, 1.165) is 31.1 Å². The van der Waals surface area contributed by atoms with Gasteiger partial charge in [0.1, 0.15) is 5.70 Å². The Bertz CT molecular complexity index is 908. The molecule has 0 unspecified atom stereocenters. The lowest BCUT2D eigenvalue weighted by Crippen LogP contribution is -2.46. The van der Waals surface area contributed by atoms with Gasteiger partial charge in [0.05, 0.1) is 11.3 Å². The van der Waals surface area contributed by atoms with Crippen LogP contribution in [0.2, 0.25) is 0 Å². The van der Waals surface area contributed by atoms with Crippen LogP contribution in [-0.4, -0.2) is 54.8 Å². The lowest BCUT2D eigenvalue weighted by atomic mass is 10.0. The molecule has 1 saturated heterocycles. The molecule has 146 valence electrons. The Kier molecular flexibility index (Phi) is 5.08. The quantitative estimate of drug-likeness (QED) is 0.745. The van der Waals surface area contributed by atoms with Crippen molar-refractivity contribution in [2.45, 2.75) is 19.8 Å². The Balaban J connectivity index is 1.73. The highest BCUT2D eigenvalue weighted by atomic mass is 32.1. The third-order valence-electron chi connectivity index (χ3n) is 5.46. The smallest absolute Gasteiger partial charge is 0.282 e. The fourth-order valence-electron chi connectivity index (χ4n) is 3.73. The summed E-state index contributed by atoms with van der Waals surface area (Å²) in [5.74, 6) is -0.0336. The van der Waals surface area contributed by atoms with Crippen molar-refractivity contribution in [2.24, 2.45) is 0 Å². The fourth-order valence-corrected chi connectivity index (χ4v) is 4.49. The molecule has 5 nitrogen and oxygen atoms in total. The lowest BCUT2D eigenvalue weighted by Gasteiger charge is -2.34. The first-order valence-corrected chi connectivity index (χ1v) is 10.6. The Morgan fingerprint density at radius 1 is 0.929 bits per heavy atom. The third kappa shape index (κ3) is 3.27. The van der Waals surface area contributed by atoms with Crippen molar-refractivity contribution >= 4 is 34.4 Å². The summed E-state index contributed by atoms with van der Waals surface area (Å²) >= 11 is 1.50. The summed E-state index contributed by atoms with van der Waals surface area (Å²) < 4.78 is 0. The van der Waals surface area contributed by atoms with Crippen LogP contribution in [0.25, 0.3) is 5.57 Å². The van der Waals surface area contributed by atoms with E-state index in [1.54, 1.807) is 0 Å². The van der Waals surface area contributed by atoms with Crippen molar-refractivity contribution in [2.75, 3.05) is 38.1 Å². The summed E-state index contributed by atoms with van der Waals surface area (Å²) in [5.41, 5.74) is 2.91. The molecule has 1 fully saturated rings. The van der Waals surface area contributed by atoms with Crippen LogP contribution in [0.4, 0.5) is 5.69 Å². The zero-order valence-electron chi connectivity index (χ0n) is 16.5. The van der Waals surface area contributed by atoms with Gasteiger partial charge < -0.3 is 9.80 Å². The molecule has 0 saturated carbocycles. The first-order valence-electron chi connectivity index (χ1n) is 9.67. The summed E-state index contributed by atoms with van der Waals surface area (Å²) in [4.78, 5) is 33.3. The predicted molar refractivity (Wildman–Crippen MR) is 113 cm³/mol. The number of carbonyl (C=O) groups is 2. The molecular weight excluding hydrogens is 370 g/mol. The minimum atomic E-state index is -0.223. The SMILES string of the molecule is CC(C)c1ccc(N2C(=O)C(c3cccs3)=C(N3CCN(C)CC3)C2=O)cc1. The van der Waals surface area contributed by atoms with Crippen molar-refractivity contribution in [3.05, 3.63) is 57.9 Å². The maximum atomic E-state index is 13.4. The van der Waals surface area contributed by atoms with Gasteiger partial charge >= 0.3 is 0 Å². The molecule has 0 atom stereocenters. The zero-order chi connectivity index (χ0) is 19.8. The molecule has 2 aliphatic rings. The molecule has 0 N–H and O–H groups in total. The Labute approximate surface area is 169 Å². The van der Waals surface area contributed by atoms with Gasteiger partial charge in [-0.05, 0) is 42.1 Å². The summed E-state index contributed by atoms with van der Waals surface area (Å²) in [6, 6.07) is 11.6. The first-order chi connectivity index (χ1) is 13.5. The summed E-state index contributed by atoms with van der Waals surface area (Å²) in [6.07, 6.45) is 0. The van der Waals surface area contributed by atoms with E-state index in [1.165, 1.54) is 21.8 Å². The molecule has 1 aromatic heterocycles. The van der Waals surface area contributed by atoms with Gasteiger partial charge in [0.2, 0.25) is 0 Å². The topological polar surface area (TPSA) is 43.9 Å². The average molecular weight is 396 g/mol. The van der Waals surface area contributed by atoms with E-state index in [4.69, 9.17) is 0 Å².